The second kappa shape index (κ2) is 7.06. The predicted octanol–water partition coefficient (Wildman–Crippen LogP) is 5.87. The predicted molar refractivity (Wildman–Crippen MR) is 121 cm³/mol. The van der Waals surface area contributed by atoms with Gasteiger partial charge in [-0.25, -0.2) is 0 Å². The van der Waals surface area contributed by atoms with Gasteiger partial charge in [0, 0.05) is 35.5 Å². The summed E-state index contributed by atoms with van der Waals surface area (Å²) in [6, 6.07) is 19.3. The number of hydrogen-bond acceptors (Lipinski definition) is 2. The van der Waals surface area contributed by atoms with Crippen LogP contribution in [0.2, 0.25) is 0 Å². The van der Waals surface area contributed by atoms with Crippen molar-refractivity contribution in [2.75, 3.05) is 11.9 Å². The van der Waals surface area contributed by atoms with E-state index in [1.165, 1.54) is 38.1 Å². The van der Waals surface area contributed by atoms with Crippen LogP contribution in [0, 0.1) is 6.92 Å². The molecule has 0 N–H and O–H groups in total. The maximum atomic E-state index is 2.31. The zero-order valence-electron chi connectivity index (χ0n) is 17.2. The topological polar surface area (TPSA) is 7.12 Å². The van der Waals surface area contributed by atoms with E-state index in [4.69, 9.17) is 0 Å². The van der Waals surface area contributed by atoms with Crippen molar-refractivity contribution in [1.82, 2.24) is 0 Å². The van der Waals surface area contributed by atoms with Gasteiger partial charge in [0.2, 0.25) is 5.69 Å². The van der Waals surface area contributed by atoms with Crippen LogP contribution in [-0.4, -0.2) is 7.05 Å². The van der Waals surface area contributed by atoms with E-state index in [1.807, 2.05) is 11.3 Å². The highest BCUT2D eigenvalue weighted by Crippen LogP contribution is 2.46. The zero-order valence-corrected chi connectivity index (χ0v) is 18.0. The van der Waals surface area contributed by atoms with Gasteiger partial charge in [0.05, 0.1) is 4.88 Å². The minimum atomic E-state index is 0.0123. The normalized spacial score (nSPS) is 16.9. The van der Waals surface area contributed by atoms with Crippen molar-refractivity contribution in [3.05, 3.63) is 87.9 Å². The van der Waals surface area contributed by atoms with Gasteiger partial charge >= 0.3 is 0 Å². The van der Waals surface area contributed by atoms with E-state index in [2.05, 4.69) is 117 Å². The Bertz CT molecular complexity index is 1070. The molecule has 0 aliphatic carbocycles. The molecule has 1 aliphatic heterocycles. The van der Waals surface area contributed by atoms with Crippen molar-refractivity contribution in [3.63, 3.8) is 0 Å². The van der Waals surface area contributed by atoms with Crippen molar-refractivity contribution in [3.8, 4) is 11.3 Å². The molecule has 0 amide bonds. The van der Waals surface area contributed by atoms with Crippen LogP contribution in [0.15, 0.2) is 72.4 Å². The molecule has 2 heterocycles. The molecule has 0 fully saturated rings. The summed E-state index contributed by atoms with van der Waals surface area (Å²) in [6.45, 7) is 6.81. The number of aryl methyl sites for hydroxylation is 1. The van der Waals surface area contributed by atoms with Gasteiger partial charge in [-0.15, -0.1) is 0 Å². The van der Waals surface area contributed by atoms with Gasteiger partial charge in [0.25, 0.3) is 5.01 Å². The summed E-state index contributed by atoms with van der Waals surface area (Å²) in [5.41, 5.74) is 6.59. The molecule has 142 valence electrons. The number of allylic oxidation sites excluding steroid dienone is 3. The van der Waals surface area contributed by atoms with E-state index < -0.39 is 0 Å². The Balaban J connectivity index is 1.66. The van der Waals surface area contributed by atoms with Crippen LogP contribution in [0.3, 0.4) is 0 Å². The average molecular weight is 388 g/mol. The van der Waals surface area contributed by atoms with Gasteiger partial charge in [0.15, 0.2) is 0 Å². The van der Waals surface area contributed by atoms with Crippen molar-refractivity contribution in [2.24, 2.45) is 7.05 Å². The third-order valence-electron chi connectivity index (χ3n) is 5.74. The lowest BCUT2D eigenvalue weighted by atomic mass is 9.84. The Labute approximate surface area is 172 Å². The number of para-hydroxylation sites is 1. The van der Waals surface area contributed by atoms with E-state index >= 15 is 0 Å². The molecule has 2 aromatic carbocycles. The zero-order chi connectivity index (χ0) is 19.9. The minimum Gasteiger partial charge on any atom is -0.347 e. The second-order valence-corrected chi connectivity index (χ2v) is 9.12. The number of aromatic nitrogens is 1. The van der Waals surface area contributed by atoms with Gasteiger partial charge < -0.3 is 4.90 Å². The molecule has 0 atom stereocenters. The Morgan fingerprint density at radius 3 is 2.39 bits per heavy atom. The quantitative estimate of drug-likeness (QED) is 0.510. The number of likely N-dealkylation sites (N-methyl/N-ethyl adjacent to an activating group) is 1. The fraction of sp³-hybridized carbons (Fsp3) is 0.240. The van der Waals surface area contributed by atoms with Crippen LogP contribution in [0.4, 0.5) is 5.69 Å². The standard InChI is InChI=1S/C25H27N2S/c1-18-24(19-12-7-6-8-13-19)27(5)23(28-18)17-11-16-22-25(2,3)20-14-9-10-15-21(20)26(22)4/h6-17H,1-5H3/q+1. The van der Waals surface area contributed by atoms with Gasteiger partial charge in [-0.3, -0.25) is 0 Å². The highest BCUT2D eigenvalue weighted by molar-refractivity contribution is 7.12. The molecule has 0 radical (unpaired) electrons. The molecular formula is C25H27N2S+. The lowest BCUT2D eigenvalue weighted by Gasteiger charge is -2.23. The number of rotatable bonds is 3. The highest BCUT2D eigenvalue weighted by atomic mass is 32.1. The summed E-state index contributed by atoms with van der Waals surface area (Å²) >= 11 is 1.84. The first-order valence-corrected chi connectivity index (χ1v) is 10.5. The molecule has 2 nitrogen and oxygen atoms in total. The monoisotopic (exact) mass is 387 g/mol. The second-order valence-electron chi connectivity index (χ2n) is 7.88. The summed E-state index contributed by atoms with van der Waals surface area (Å²) in [6.07, 6.45) is 6.68. The molecule has 0 spiro atoms. The summed E-state index contributed by atoms with van der Waals surface area (Å²) < 4.78 is 2.29. The first-order valence-electron chi connectivity index (χ1n) is 9.68. The summed E-state index contributed by atoms with van der Waals surface area (Å²) in [4.78, 5) is 3.65. The Morgan fingerprint density at radius 1 is 1.00 bits per heavy atom. The summed E-state index contributed by atoms with van der Waals surface area (Å²) in [7, 11) is 4.32. The minimum absolute atomic E-state index is 0.0123. The van der Waals surface area contributed by atoms with Gasteiger partial charge in [-0.1, -0.05) is 67.7 Å². The lowest BCUT2D eigenvalue weighted by molar-refractivity contribution is -0.657. The highest BCUT2D eigenvalue weighted by Gasteiger charge is 2.37. The fourth-order valence-electron chi connectivity index (χ4n) is 4.28. The molecule has 3 aromatic rings. The van der Waals surface area contributed by atoms with Crippen molar-refractivity contribution < 1.29 is 4.57 Å². The fourth-order valence-corrected chi connectivity index (χ4v) is 5.32. The van der Waals surface area contributed by atoms with E-state index in [0.717, 1.165) is 0 Å². The first-order chi connectivity index (χ1) is 13.4. The molecule has 1 aromatic heterocycles. The smallest absolute Gasteiger partial charge is 0.262 e. The molecule has 0 unspecified atom stereocenters. The molecule has 28 heavy (non-hydrogen) atoms. The van der Waals surface area contributed by atoms with Gasteiger partial charge in [0.1, 0.15) is 7.05 Å². The SMILES string of the molecule is Cc1sc(C=CC=C2N(C)c3ccccc3C2(C)C)[n+](C)c1-c1ccccc1. The molecule has 0 saturated carbocycles. The van der Waals surface area contributed by atoms with E-state index in [-0.39, 0.29) is 5.41 Å². The van der Waals surface area contributed by atoms with Crippen molar-refractivity contribution in [2.45, 2.75) is 26.2 Å². The largest absolute Gasteiger partial charge is 0.347 e. The van der Waals surface area contributed by atoms with E-state index in [0.29, 0.717) is 0 Å². The third-order valence-corrected chi connectivity index (χ3v) is 6.86. The summed E-state index contributed by atoms with van der Waals surface area (Å²) in [5, 5.41) is 1.25. The molecular weight excluding hydrogens is 360 g/mol. The first kappa shape index (κ1) is 18.7. The van der Waals surface area contributed by atoms with Crippen molar-refractivity contribution >= 4 is 23.1 Å². The van der Waals surface area contributed by atoms with Crippen LogP contribution in [-0.2, 0) is 12.5 Å². The number of nitrogens with zero attached hydrogens (tertiary/aromatic N) is 2. The molecule has 3 heteroatoms. The number of benzene rings is 2. The van der Waals surface area contributed by atoms with E-state index in [1.54, 1.807) is 0 Å². The Morgan fingerprint density at radius 2 is 1.68 bits per heavy atom. The maximum absolute atomic E-state index is 2.31. The molecule has 0 bridgehead atoms. The van der Waals surface area contributed by atoms with Crippen LogP contribution in [0.5, 0.6) is 0 Å². The molecule has 0 saturated heterocycles. The summed E-state index contributed by atoms with van der Waals surface area (Å²) in [5.74, 6) is 0. The number of fused-ring (bicyclic) bond motifs is 1. The number of thiazole rings is 1. The van der Waals surface area contributed by atoms with Crippen LogP contribution >= 0.6 is 11.3 Å². The third kappa shape index (κ3) is 3.00. The number of anilines is 1. The number of hydrogen-bond donors (Lipinski definition) is 0. The maximum Gasteiger partial charge on any atom is 0.262 e. The van der Waals surface area contributed by atoms with Gasteiger partial charge in [-0.2, -0.15) is 4.57 Å². The molecule has 1 aliphatic rings. The van der Waals surface area contributed by atoms with E-state index in [9.17, 15) is 0 Å². The van der Waals surface area contributed by atoms with Crippen molar-refractivity contribution in [1.29, 1.82) is 0 Å². The van der Waals surface area contributed by atoms with Gasteiger partial charge in [-0.05, 0) is 36.8 Å². The Kier molecular flexibility index (Phi) is 4.72. The van der Waals surface area contributed by atoms with Crippen LogP contribution in [0.1, 0.15) is 29.3 Å². The lowest BCUT2D eigenvalue weighted by Crippen LogP contribution is -2.31. The average Bonchev–Trinajstić information content (AvgIpc) is 3.08. The Hall–Kier alpha value is -2.65. The van der Waals surface area contributed by atoms with Crippen LogP contribution in [0.25, 0.3) is 17.3 Å². The van der Waals surface area contributed by atoms with Crippen LogP contribution < -0.4 is 9.47 Å². The molecule has 4 rings (SSSR count).